The Kier molecular flexibility index (Phi) is 5.71. The lowest BCUT2D eigenvalue weighted by Crippen LogP contribution is -2.17. The number of carbonyl (C=O) groups excluding carboxylic acids is 1. The molecule has 1 fully saturated rings. The smallest absolute Gasteiger partial charge is 0.139 e. The van der Waals surface area contributed by atoms with Gasteiger partial charge in [0.15, 0.2) is 0 Å². The van der Waals surface area contributed by atoms with Gasteiger partial charge >= 0.3 is 0 Å². The molecule has 1 aromatic rings. The molecule has 0 amide bonds. The summed E-state index contributed by atoms with van der Waals surface area (Å²) in [5, 5.41) is 20.0. The van der Waals surface area contributed by atoms with Gasteiger partial charge in [0.05, 0.1) is 12.2 Å². The van der Waals surface area contributed by atoms with Gasteiger partial charge in [0, 0.05) is 18.3 Å². The van der Waals surface area contributed by atoms with Gasteiger partial charge in [-0.2, -0.15) is 0 Å². The van der Waals surface area contributed by atoms with E-state index in [1.807, 2.05) is 49.4 Å². The number of carbonyl (C=O) groups is 1. The number of benzene rings is 1. The molecule has 0 radical (unpaired) electrons. The maximum Gasteiger partial charge on any atom is 0.139 e. The first-order valence-electron chi connectivity index (χ1n) is 7.74. The maximum absolute atomic E-state index is 11.7. The molecular formula is C18H24O3. The van der Waals surface area contributed by atoms with E-state index < -0.39 is 12.2 Å². The van der Waals surface area contributed by atoms with Crippen molar-refractivity contribution >= 4 is 5.78 Å². The van der Waals surface area contributed by atoms with E-state index in [-0.39, 0.29) is 24.0 Å². The predicted octanol–water partition coefficient (Wildman–Crippen LogP) is 3.03. The van der Waals surface area contributed by atoms with Crippen molar-refractivity contribution < 1.29 is 15.0 Å². The summed E-state index contributed by atoms with van der Waals surface area (Å²) in [5.41, 5.74) is 0.924. The van der Waals surface area contributed by atoms with Gasteiger partial charge in [-0.05, 0) is 24.8 Å². The highest BCUT2D eigenvalue weighted by Gasteiger charge is 2.38. The maximum atomic E-state index is 11.7. The van der Waals surface area contributed by atoms with Gasteiger partial charge in [-0.1, -0.05) is 49.4 Å². The minimum atomic E-state index is -0.544. The van der Waals surface area contributed by atoms with Crippen molar-refractivity contribution in [3.05, 3.63) is 48.0 Å². The number of ketones is 1. The van der Waals surface area contributed by atoms with Crippen LogP contribution in [0.1, 0.15) is 44.3 Å². The highest BCUT2D eigenvalue weighted by atomic mass is 16.3. The van der Waals surface area contributed by atoms with Crippen molar-refractivity contribution in [3.8, 4) is 0 Å². The van der Waals surface area contributed by atoms with Crippen LogP contribution in [0.5, 0.6) is 0 Å². The van der Waals surface area contributed by atoms with Crippen molar-refractivity contribution in [2.75, 3.05) is 0 Å². The lowest BCUT2D eigenvalue weighted by atomic mass is 9.91. The Morgan fingerprint density at radius 1 is 1.33 bits per heavy atom. The Morgan fingerprint density at radius 3 is 2.71 bits per heavy atom. The molecule has 0 saturated heterocycles. The van der Waals surface area contributed by atoms with E-state index in [1.165, 1.54) is 0 Å². The molecule has 0 bridgehead atoms. The van der Waals surface area contributed by atoms with Crippen LogP contribution < -0.4 is 0 Å². The summed E-state index contributed by atoms with van der Waals surface area (Å²) in [6.07, 6.45) is 5.38. The Morgan fingerprint density at radius 2 is 2.05 bits per heavy atom. The summed E-state index contributed by atoms with van der Waals surface area (Å²) >= 11 is 0. The molecular weight excluding hydrogens is 264 g/mol. The van der Waals surface area contributed by atoms with E-state index in [9.17, 15) is 15.0 Å². The van der Waals surface area contributed by atoms with Crippen LogP contribution in [0.2, 0.25) is 0 Å². The van der Waals surface area contributed by atoms with Gasteiger partial charge in [0.25, 0.3) is 0 Å². The lowest BCUT2D eigenvalue weighted by molar-refractivity contribution is -0.121. The molecule has 3 nitrogen and oxygen atoms in total. The second-order valence-corrected chi connectivity index (χ2v) is 5.76. The van der Waals surface area contributed by atoms with Crippen LogP contribution >= 0.6 is 0 Å². The zero-order valence-corrected chi connectivity index (χ0v) is 12.5. The summed E-state index contributed by atoms with van der Waals surface area (Å²) in [6.45, 7) is 1.99. The van der Waals surface area contributed by atoms with Gasteiger partial charge in [-0.3, -0.25) is 4.79 Å². The molecule has 0 aromatic heterocycles. The SMILES string of the molecule is CC[C@H]1C(=O)C[C@H](O)[C@@H]1/C=C/CCC(O)c1ccccc1. The van der Waals surface area contributed by atoms with Crippen LogP contribution in [0, 0.1) is 11.8 Å². The standard InChI is InChI=1S/C18H24O3/c1-2-14-15(18(21)12-17(14)20)10-6-7-11-16(19)13-8-4-3-5-9-13/h3-6,8-10,14-16,18-19,21H,2,7,11-12H2,1H3/b10-6+/t14-,15-,16?,18+/m1/s1. The molecule has 114 valence electrons. The Labute approximate surface area is 126 Å². The van der Waals surface area contributed by atoms with Crippen molar-refractivity contribution in [1.29, 1.82) is 0 Å². The molecule has 0 spiro atoms. The number of aliphatic hydroxyl groups is 2. The van der Waals surface area contributed by atoms with E-state index in [2.05, 4.69) is 0 Å². The molecule has 1 aliphatic rings. The first kappa shape index (κ1) is 15.9. The van der Waals surface area contributed by atoms with Gasteiger partial charge in [0.2, 0.25) is 0 Å². The average molecular weight is 288 g/mol. The minimum Gasteiger partial charge on any atom is -0.392 e. The van der Waals surface area contributed by atoms with Gasteiger partial charge in [0.1, 0.15) is 5.78 Å². The van der Waals surface area contributed by atoms with Crippen LogP contribution in [0.25, 0.3) is 0 Å². The van der Waals surface area contributed by atoms with E-state index >= 15 is 0 Å². The Hall–Kier alpha value is -1.45. The second kappa shape index (κ2) is 7.53. The van der Waals surface area contributed by atoms with Crippen molar-refractivity contribution in [1.82, 2.24) is 0 Å². The third kappa shape index (κ3) is 4.02. The zero-order chi connectivity index (χ0) is 15.2. The van der Waals surface area contributed by atoms with Crippen LogP contribution in [0.4, 0.5) is 0 Å². The molecule has 1 aliphatic carbocycles. The Balaban J connectivity index is 1.84. The van der Waals surface area contributed by atoms with Crippen molar-refractivity contribution in [3.63, 3.8) is 0 Å². The number of rotatable bonds is 6. The molecule has 0 heterocycles. The normalized spacial score (nSPS) is 27.4. The third-order valence-electron chi connectivity index (χ3n) is 4.32. The number of aliphatic hydroxyl groups excluding tert-OH is 2. The quantitative estimate of drug-likeness (QED) is 0.791. The van der Waals surface area contributed by atoms with Gasteiger partial charge < -0.3 is 10.2 Å². The lowest BCUT2D eigenvalue weighted by Gasteiger charge is -2.15. The first-order valence-corrected chi connectivity index (χ1v) is 7.74. The monoisotopic (exact) mass is 288 g/mol. The van der Waals surface area contributed by atoms with E-state index in [4.69, 9.17) is 0 Å². The minimum absolute atomic E-state index is 0.0460. The fourth-order valence-corrected chi connectivity index (χ4v) is 3.09. The second-order valence-electron chi connectivity index (χ2n) is 5.76. The van der Waals surface area contributed by atoms with E-state index in [0.29, 0.717) is 6.42 Å². The van der Waals surface area contributed by atoms with Gasteiger partial charge in [-0.25, -0.2) is 0 Å². The Bertz CT molecular complexity index is 480. The molecule has 1 aromatic carbocycles. The summed E-state index contributed by atoms with van der Waals surface area (Å²) in [5.74, 6) is 0.0654. The number of allylic oxidation sites excluding steroid dienone is 1. The average Bonchev–Trinajstić information content (AvgIpc) is 2.77. The summed E-state index contributed by atoms with van der Waals surface area (Å²) in [4.78, 5) is 11.7. The fraction of sp³-hybridized carbons (Fsp3) is 0.500. The largest absolute Gasteiger partial charge is 0.392 e. The van der Waals surface area contributed by atoms with Crippen molar-refractivity contribution in [2.45, 2.75) is 44.8 Å². The molecule has 2 N–H and O–H groups in total. The van der Waals surface area contributed by atoms with Crippen LogP contribution in [-0.2, 0) is 4.79 Å². The zero-order valence-electron chi connectivity index (χ0n) is 12.5. The van der Waals surface area contributed by atoms with Crippen LogP contribution in [0.3, 0.4) is 0 Å². The summed E-state index contributed by atoms with van der Waals surface area (Å²) < 4.78 is 0. The van der Waals surface area contributed by atoms with Gasteiger partial charge in [-0.15, -0.1) is 0 Å². The summed E-state index contributed by atoms with van der Waals surface area (Å²) in [6, 6.07) is 9.60. The van der Waals surface area contributed by atoms with E-state index in [1.54, 1.807) is 0 Å². The third-order valence-corrected chi connectivity index (χ3v) is 4.32. The molecule has 4 atom stereocenters. The van der Waals surface area contributed by atoms with E-state index in [0.717, 1.165) is 18.4 Å². The molecule has 1 saturated carbocycles. The highest BCUT2D eigenvalue weighted by molar-refractivity contribution is 5.84. The summed E-state index contributed by atoms with van der Waals surface area (Å²) in [7, 11) is 0. The highest BCUT2D eigenvalue weighted by Crippen LogP contribution is 2.32. The number of Topliss-reactive ketones (excluding diaryl/α,β-unsaturated/α-hetero) is 1. The van der Waals surface area contributed by atoms with Crippen molar-refractivity contribution in [2.24, 2.45) is 11.8 Å². The van der Waals surface area contributed by atoms with Crippen LogP contribution in [-0.4, -0.2) is 22.1 Å². The molecule has 0 aliphatic heterocycles. The predicted molar refractivity (Wildman–Crippen MR) is 82.7 cm³/mol. The number of hydrogen-bond donors (Lipinski definition) is 2. The molecule has 1 unspecified atom stereocenters. The number of hydrogen-bond acceptors (Lipinski definition) is 3. The molecule has 21 heavy (non-hydrogen) atoms. The fourth-order valence-electron chi connectivity index (χ4n) is 3.09. The molecule has 2 rings (SSSR count). The first-order chi connectivity index (χ1) is 10.1. The molecule has 3 heteroatoms. The van der Waals surface area contributed by atoms with Crippen LogP contribution in [0.15, 0.2) is 42.5 Å². The topological polar surface area (TPSA) is 57.5 Å².